The van der Waals surface area contributed by atoms with Crippen molar-refractivity contribution in [2.45, 2.75) is 0 Å². The van der Waals surface area contributed by atoms with E-state index in [9.17, 15) is 4.79 Å². The fraction of sp³-hybridized carbons (Fsp3) is 0. The van der Waals surface area contributed by atoms with E-state index in [4.69, 9.17) is 11.5 Å². The van der Waals surface area contributed by atoms with Crippen molar-refractivity contribution in [3.63, 3.8) is 0 Å². The topological polar surface area (TPSA) is 110 Å². The Hall–Kier alpha value is -3.28. The first-order chi connectivity index (χ1) is 10.6. The fourth-order valence-electron chi connectivity index (χ4n) is 2.46. The predicted octanol–water partition coefficient (Wildman–Crippen LogP) is 2.65. The maximum Gasteiger partial charge on any atom is 0.317 e. The van der Waals surface area contributed by atoms with E-state index in [-0.39, 0.29) is 0 Å². The zero-order chi connectivity index (χ0) is 15.7. The van der Waals surface area contributed by atoms with Gasteiger partial charge in [0.05, 0.1) is 0 Å². The largest absolute Gasteiger partial charge is 0.399 e. The summed E-state index contributed by atoms with van der Waals surface area (Å²) in [4.78, 5) is 18.3. The molecule has 3 aromatic rings. The van der Waals surface area contributed by atoms with Crippen molar-refractivity contribution in [1.29, 1.82) is 0 Å². The zero-order valence-corrected chi connectivity index (χ0v) is 11.8. The molecule has 22 heavy (non-hydrogen) atoms. The molecule has 0 spiro atoms. The average Bonchev–Trinajstić information content (AvgIpc) is 2.84. The lowest BCUT2D eigenvalue weighted by atomic mass is 10.0. The second-order valence-corrected chi connectivity index (χ2v) is 4.89. The lowest BCUT2D eigenvalue weighted by molar-refractivity contribution is 0.259. The second kappa shape index (κ2) is 5.25. The van der Waals surface area contributed by atoms with Gasteiger partial charge in [-0.05, 0) is 17.7 Å². The molecule has 6 N–H and O–H groups in total. The summed E-state index contributed by atoms with van der Waals surface area (Å²) in [7, 11) is 0. The minimum atomic E-state index is -0.665. The van der Waals surface area contributed by atoms with E-state index in [0.29, 0.717) is 17.1 Å². The van der Waals surface area contributed by atoms with Crippen molar-refractivity contribution in [1.82, 2.24) is 9.97 Å². The number of primary amides is 1. The number of benzene rings is 1. The number of nitrogens with two attached hydrogens (primary N) is 2. The maximum absolute atomic E-state index is 11.1. The highest BCUT2D eigenvalue weighted by Crippen LogP contribution is 2.32. The van der Waals surface area contributed by atoms with E-state index < -0.39 is 6.03 Å². The first-order valence-corrected chi connectivity index (χ1v) is 6.63. The SMILES string of the molecule is C=C(N)c1c(NC(N)=O)[nH]c2cc(-c3cccnc3)ccc12. The summed E-state index contributed by atoms with van der Waals surface area (Å²) in [5, 5.41) is 3.40. The maximum atomic E-state index is 11.1. The van der Waals surface area contributed by atoms with Crippen molar-refractivity contribution in [2.24, 2.45) is 11.5 Å². The Labute approximate surface area is 126 Å². The Morgan fingerprint density at radius 1 is 1.23 bits per heavy atom. The molecule has 2 amide bonds. The lowest BCUT2D eigenvalue weighted by Gasteiger charge is -2.04. The van der Waals surface area contributed by atoms with E-state index in [1.54, 1.807) is 12.4 Å². The van der Waals surface area contributed by atoms with E-state index in [1.165, 1.54) is 0 Å². The highest BCUT2D eigenvalue weighted by Gasteiger charge is 2.14. The van der Waals surface area contributed by atoms with E-state index in [2.05, 4.69) is 21.9 Å². The van der Waals surface area contributed by atoms with Crippen LogP contribution in [0.15, 0.2) is 49.3 Å². The third-order valence-electron chi connectivity index (χ3n) is 3.36. The summed E-state index contributed by atoms with van der Waals surface area (Å²) in [6, 6.07) is 9.04. The van der Waals surface area contributed by atoms with Crippen LogP contribution in [0.1, 0.15) is 5.56 Å². The Balaban J connectivity index is 2.17. The number of pyridine rings is 1. The highest BCUT2D eigenvalue weighted by molar-refractivity contribution is 6.02. The summed E-state index contributed by atoms with van der Waals surface area (Å²) in [5.74, 6) is 0.443. The second-order valence-electron chi connectivity index (χ2n) is 4.89. The summed E-state index contributed by atoms with van der Waals surface area (Å²) in [5.41, 5.74) is 14.8. The van der Waals surface area contributed by atoms with Gasteiger partial charge in [-0.1, -0.05) is 24.8 Å². The van der Waals surface area contributed by atoms with Crippen LogP contribution in [0.25, 0.3) is 27.7 Å². The van der Waals surface area contributed by atoms with Gasteiger partial charge >= 0.3 is 6.03 Å². The first-order valence-electron chi connectivity index (χ1n) is 6.63. The van der Waals surface area contributed by atoms with Crippen molar-refractivity contribution in [3.8, 4) is 11.1 Å². The van der Waals surface area contributed by atoms with Crippen LogP contribution in [0.5, 0.6) is 0 Å². The first kappa shape index (κ1) is 13.7. The van der Waals surface area contributed by atoms with Gasteiger partial charge in [0.2, 0.25) is 0 Å². The molecule has 1 aromatic carbocycles. The van der Waals surface area contributed by atoms with Gasteiger partial charge in [0.1, 0.15) is 5.82 Å². The summed E-state index contributed by atoms with van der Waals surface area (Å²) in [6.45, 7) is 3.75. The molecule has 0 aliphatic carbocycles. The van der Waals surface area contributed by atoms with Gasteiger partial charge < -0.3 is 16.5 Å². The lowest BCUT2D eigenvalue weighted by Crippen LogP contribution is -2.20. The van der Waals surface area contributed by atoms with Gasteiger partial charge in [-0.15, -0.1) is 0 Å². The number of carbonyl (C=O) groups is 1. The number of urea groups is 1. The molecule has 0 fully saturated rings. The van der Waals surface area contributed by atoms with Gasteiger partial charge in [-0.25, -0.2) is 4.79 Å². The monoisotopic (exact) mass is 293 g/mol. The molecule has 6 nitrogen and oxygen atoms in total. The molecular weight excluding hydrogens is 278 g/mol. The highest BCUT2D eigenvalue weighted by atomic mass is 16.2. The van der Waals surface area contributed by atoms with Crippen LogP contribution in [-0.2, 0) is 0 Å². The molecule has 0 saturated heterocycles. The Morgan fingerprint density at radius 2 is 2.05 bits per heavy atom. The number of anilines is 1. The molecule has 0 radical (unpaired) electrons. The minimum Gasteiger partial charge on any atom is -0.399 e. The Kier molecular flexibility index (Phi) is 3.27. The molecule has 3 rings (SSSR count). The van der Waals surface area contributed by atoms with Crippen LogP contribution in [0.2, 0.25) is 0 Å². The number of rotatable bonds is 3. The molecule has 0 aliphatic heterocycles. The van der Waals surface area contributed by atoms with Crippen LogP contribution >= 0.6 is 0 Å². The number of hydrogen-bond acceptors (Lipinski definition) is 3. The molecule has 110 valence electrons. The quantitative estimate of drug-likeness (QED) is 0.595. The van der Waals surface area contributed by atoms with Crippen molar-refractivity contribution in [3.05, 3.63) is 54.9 Å². The van der Waals surface area contributed by atoms with Gasteiger partial charge in [0.25, 0.3) is 0 Å². The third-order valence-corrected chi connectivity index (χ3v) is 3.36. The van der Waals surface area contributed by atoms with E-state index in [1.807, 2.05) is 30.3 Å². The van der Waals surface area contributed by atoms with Crippen molar-refractivity contribution < 1.29 is 4.79 Å². The summed E-state index contributed by atoms with van der Waals surface area (Å²) in [6.07, 6.45) is 3.51. The van der Waals surface area contributed by atoms with Gasteiger partial charge in [-0.3, -0.25) is 10.3 Å². The molecule has 0 atom stereocenters. The number of hydrogen-bond donors (Lipinski definition) is 4. The van der Waals surface area contributed by atoms with Gasteiger partial charge in [-0.2, -0.15) is 0 Å². The van der Waals surface area contributed by atoms with E-state index in [0.717, 1.165) is 22.0 Å². The van der Waals surface area contributed by atoms with Crippen LogP contribution in [0.4, 0.5) is 10.6 Å². The molecular formula is C16H15N5O. The number of nitrogens with one attached hydrogen (secondary N) is 2. The smallest absolute Gasteiger partial charge is 0.317 e. The Morgan fingerprint density at radius 3 is 2.68 bits per heavy atom. The normalized spacial score (nSPS) is 10.5. The molecule has 2 heterocycles. The number of aromatic nitrogens is 2. The molecule has 2 aromatic heterocycles. The fourth-order valence-corrected chi connectivity index (χ4v) is 2.46. The van der Waals surface area contributed by atoms with Crippen molar-refractivity contribution in [2.75, 3.05) is 5.32 Å². The number of amides is 2. The summed E-state index contributed by atoms with van der Waals surface area (Å²) < 4.78 is 0. The number of H-pyrrole nitrogens is 1. The van der Waals surface area contributed by atoms with E-state index >= 15 is 0 Å². The molecule has 0 aliphatic rings. The van der Waals surface area contributed by atoms with Crippen LogP contribution in [0, 0.1) is 0 Å². The molecule has 6 heteroatoms. The molecule has 0 saturated carbocycles. The number of aromatic amines is 1. The third kappa shape index (κ3) is 2.37. The van der Waals surface area contributed by atoms with Crippen LogP contribution in [-0.4, -0.2) is 16.0 Å². The van der Waals surface area contributed by atoms with Crippen LogP contribution in [0.3, 0.4) is 0 Å². The predicted molar refractivity (Wildman–Crippen MR) is 88.0 cm³/mol. The number of carbonyl (C=O) groups excluding carboxylic acids is 1. The minimum absolute atomic E-state index is 0.351. The van der Waals surface area contributed by atoms with Gasteiger partial charge in [0, 0.05) is 40.1 Å². The summed E-state index contributed by atoms with van der Waals surface area (Å²) >= 11 is 0. The molecule has 0 bridgehead atoms. The Bertz CT molecular complexity index is 867. The number of nitrogens with zero attached hydrogens (tertiary/aromatic N) is 1. The van der Waals surface area contributed by atoms with Crippen molar-refractivity contribution >= 4 is 28.4 Å². The molecule has 0 unspecified atom stereocenters. The van der Waals surface area contributed by atoms with Crippen LogP contribution < -0.4 is 16.8 Å². The van der Waals surface area contributed by atoms with Gasteiger partial charge in [0.15, 0.2) is 0 Å². The number of fused-ring (bicyclic) bond motifs is 1. The average molecular weight is 293 g/mol. The standard InChI is InChI=1S/C16H15N5O/c1-9(17)14-12-5-4-10(11-3-2-6-19-8-11)7-13(12)20-15(14)21-16(18)22/h2-8,20H,1,17H2,(H3,18,21,22). The zero-order valence-electron chi connectivity index (χ0n) is 11.8.